The van der Waals surface area contributed by atoms with E-state index in [2.05, 4.69) is 26.0 Å². The fourth-order valence-electron chi connectivity index (χ4n) is 1.77. The molecule has 110 valence electrons. The molecular weight excluding hydrogens is 363 g/mol. The maximum Gasteiger partial charge on any atom is 0.340 e. The number of halogens is 3. The second-order valence-electron chi connectivity index (χ2n) is 4.14. The highest BCUT2D eigenvalue weighted by Gasteiger charge is 2.18. The average molecular weight is 374 g/mol. The number of hydrogen-bond donors (Lipinski definition) is 2. The van der Waals surface area contributed by atoms with Crippen LogP contribution in [0, 0.1) is 5.82 Å². The summed E-state index contributed by atoms with van der Waals surface area (Å²) < 4.78 is 19.1. The molecule has 0 saturated carbocycles. The summed E-state index contributed by atoms with van der Waals surface area (Å²) in [6.07, 6.45) is 0. The number of benzene rings is 2. The van der Waals surface area contributed by atoms with Crippen molar-refractivity contribution < 1.29 is 13.9 Å². The molecule has 21 heavy (non-hydrogen) atoms. The van der Waals surface area contributed by atoms with Crippen molar-refractivity contribution in [1.29, 1.82) is 0 Å². The van der Waals surface area contributed by atoms with Crippen LogP contribution in [0.15, 0.2) is 34.8 Å². The molecule has 2 rings (SSSR count). The number of para-hydroxylation sites is 1. The van der Waals surface area contributed by atoms with Crippen molar-refractivity contribution in [3.8, 4) is 0 Å². The molecule has 0 bridgehead atoms. The van der Waals surface area contributed by atoms with Crippen molar-refractivity contribution >= 4 is 50.6 Å². The molecule has 0 atom stereocenters. The molecule has 0 amide bonds. The van der Waals surface area contributed by atoms with Crippen molar-refractivity contribution in [2.24, 2.45) is 0 Å². The third-order valence-corrected chi connectivity index (χ3v) is 3.69. The van der Waals surface area contributed by atoms with E-state index in [-0.39, 0.29) is 22.0 Å². The van der Waals surface area contributed by atoms with Gasteiger partial charge in [0.2, 0.25) is 0 Å². The van der Waals surface area contributed by atoms with Gasteiger partial charge in [-0.1, -0.05) is 17.7 Å². The fraction of sp³-hybridized carbons (Fsp3) is 0.0714. The van der Waals surface area contributed by atoms with E-state index < -0.39 is 11.8 Å². The van der Waals surface area contributed by atoms with Crippen LogP contribution in [0.4, 0.5) is 21.5 Å². The number of carbonyl (C=O) groups is 1. The van der Waals surface area contributed by atoms with Gasteiger partial charge in [-0.05, 0) is 40.2 Å². The number of anilines is 3. The molecule has 0 aliphatic heterocycles. The van der Waals surface area contributed by atoms with Crippen LogP contribution >= 0.6 is 27.5 Å². The van der Waals surface area contributed by atoms with Crippen LogP contribution < -0.4 is 11.1 Å². The normalized spacial score (nSPS) is 10.3. The molecule has 0 aromatic heterocycles. The summed E-state index contributed by atoms with van der Waals surface area (Å²) in [7, 11) is 1.24. The topological polar surface area (TPSA) is 64.3 Å². The minimum atomic E-state index is -0.626. The van der Waals surface area contributed by atoms with E-state index >= 15 is 0 Å². The largest absolute Gasteiger partial charge is 0.465 e. The van der Waals surface area contributed by atoms with Gasteiger partial charge in [-0.15, -0.1) is 0 Å². The Balaban J connectivity index is 2.56. The molecule has 0 radical (unpaired) electrons. The Bertz CT molecular complexity index is 689. The lowest BCUT2D eigenvalue weighted by Gasteiger charge is -2.15. The van der Waals surface area contributed by atoms with Gasteiger partial charge >= 0.3 is 5.97 Å². The van der Waals surface area contributed by atoms with Crippen LogP contribution in [0.25, 0.3) is 0 Å². The van der Waals surface area contributed by atoms with Crippen molar-refractivity contribution in [3.05, 3.63) is 51.2 Å². The first-order valence-corrected chi connectivity index (χ1v) is 6.99. The quantitative estimate of drug-likeness (QED) is 0.620. The highest BCUT2D eigenvalue weighted by molar-refractivity contribution is 9.10. The zero-order valence-corrected chi connectivity index (χ0v) is 13.3. The number of hydrogen-bond acceptors (Lipinski definition) is 4. The van der Waals surface area contributed by atoms with Crippen molar-refractivity contribution in [2.45, 2.75) is 0 Å². The van der Waals surface area contributed by atoms with Gasteiger partial charge in [0, 0.05) is 10.2 Å². The van der Waals surface area contributed by atoms with Gasteiger partial charge in [0.15, 0.2) is 0 Å². The summed E-state index contributed by atoms with van der Waals surface area (Å²) in [4.78, 5) is 11.8. The van der Waals surface area contributed by atoms with Crippen LogP contribution in [-0.4, -0.2) is 13.1 Å². The lowest BCUT2D eigenvalue weighted by atomic mass is 10.1. The fourth-order valence-corrected chi connectivity index (χ4v) is 2.48. The predicted molar refractivity (Wildman–Crippen MR) is 84.6 cm³/mol. The van der Waals surface area contributed by atoms with Gasteiger partial charge in [0.1, 0.15) is 5.82 Å². The molecule has 0 fully saturated rings. The van der Waals surface area contributed by atoms with E-state index in [1.54, 1.807) is 12.1 Å². The Morgan fingerprint density at radius 3 is 2.71 bits per heavy atom. The maximum absolute atomic E-state index is 13.9. The standard InChI is InChI=1S/C14H11BrClFN2O2/c1-21-14(20)8-5-7(18)6-10(16)12(8)19-13-9(15)3-2-4-11(13)17/h2-6,19H,18H2,1H3. The molecule has 0 aliphatic carbocycles. The second kappa shape index (κ2) is 6.32. The first-order chi connectivity index (χ1) is 9.93. The molecule has 7 heteroatoms. The van der Waals surface area contributed by atoms with Crippen molar-refractivity contribution in [2.75, 3.05) is 18.2 Å². The number of nitrogens with one attached hydrogen (secondary N) is 1. The molecule has 0 saturated heterocycles. The number of nitrogen functional groups attached to an aromatic ring is 1. The van der Waals surface area contributed by atoms with E-state index in [4.69, 9.17) is 17.3 Å². The van der Waals surface area contributed by atoms with Gasteiger partial charge in [0.25, 0.3) is 0 Å². The summed E-state index contributed by atoms with van der Waals surface area (Å²) in [6.45, 7) is 0. The zero-order valence-electron chi connectivity index (χ0n) is 10.9. The molecule has 0 unspecified atom stereocenters. The predicted octanol–water partition coefficient (Wildman–Crippen LogP) is 4.35. The Hall–Kier alpha value is -1.79. The first kappa shape index (κ1) is 15.6. The molecule has 0 heterocycles. The third kappa shape index (κ3) is 3.28. The third-order valence-electron chi connectivity index (χ3n) is 2.73. The highest BCUT2D eigenvalue weighted by Crippen LogP contribution is 2.35. The Morgan fingerprint density at radius 2 is 2.10 bits per heavy atom. The average Bonchev–Trinajstić information content (AvgIpc) is 2.43. The van der Waals surface area contributed by atoms with Gasteiger partial charge < -0.3 is 15.8 Å². The second-order valence-corrected chi connectivity index (χ2v) is 5.40. The first-order valence-electron chi connectivity index (χ1n) is 5.82. The number of methoxy groups -OCH3 is 1. The van der Waals surface area contributed by atoms with E-state index in [9.17, 15) is 9.18 Å². The summed E-state index contributed by atoms with van der Waals surface area (Å²) >= 11 is 9.34. The highest BCUT2D eigenvalue weighted by atomic mass is 79.9. The Morgan fingerprint density at radius 1 is 1.38 bits per heavy atom. The Kier molecular flexibility index (Phi) is 4.69. The molecule has 3 N–H and O–H groups in total. The smallest absolute Gasteiger partial charge is 0.340 e. The van der Waals surface area contributed by atoms with E-state index in [0.717, 1.165) is 0 Å². The van der Waals surface area contributed by atoms with E-state index in [1.807, 2.05) is 0 Å². The molecule has 2 aromatic rings. The Labute approximate surface area is 134 Å². The number of rotatable bonds is 3. The van der Waals surface area contributed by atoms with Crippen molar-refractivity contribution in [1.82, 2.24) is 0 Å². The minimum absolute atomic E-state index is 0.123. The molecule has 0 aliphatic rings. The van der Waals surface area contributed by atoms with Crippen LogP contribution in [-0.2, 0) is 4.74 Å². The van der Waals surface area contributed by atoms with Crippen molar-refractivity contribution in [3.63, 3.8) is 0 Å². The summed E-state index contributed by atoms with van der Waals surface area (Å²) in [5.74, 6) is -1.12. The van der Waals surface area contributed by atoms with Crippen LogP contribution in [0.2, 0.25) is 5.02 Å². The minimum Gasteiger partial charge on any atom is -0.465 e. The van der Waals surface area contributed by atoms with Crippen LogP contribution in [0.5, 0.6) is 0 Å². The van der Waals surface area contributed by atoms with E-state index in [0.29, 0.717) is 10.2 Å². The number of nitrogens with two attached hydrogens (primary N) is 1. The van der Waals surface area contributed by atoms with Gasteiger partial charge in [-0.25, -0.2) is 9.18 Å². The summed E-state index contributed by atoms with van der Waals surface area (Å²) in [5.41, 5.74) is 6.48. The molecule has 0 spiro atoms. The number of esters is 1. The lowest BCUT2D eigenvalue weighted by Crippen LogP contribution is -2.08. The van der Waals surface area contributed by atoms with Crippen LogP contribution in [0.1, 0.15) is 10.4 Å². The summed E-state index contributed by atoms with van der Waals surface area (Å²) in [5, 5.41) is 3.00. The molecule has 4 nitrogen and oxygen atoms in total. The number of ether oxygens (including phenoxy) is 1. The number of carbonyl (C=O) groups excluding carboxylic acids is 1. The molecule has 2 aromatic carbocycles. The lowest BCUT2D eigenvalue weighted by molar-refractivity contribution is 0.0602. The van der Waals surface area contributed by atoms with Gasteiger partial charge in [-0.2, -0.15) is 0 Å². The molecular formula is C14H11BrClFN2O2. The van der Waals surface area contributed by atoms with Gasteiger partial charge in [-0.3, -0.25) is 0 Å². The monoisotopic (exact) mass is 372 g/mol. The zero-order chi connectivity index (χ0) is 15.6. The maximum atomic E-state index is 13.9. The SMILES string of the molecule is COC(=O)c1cc(N)cc(Cl)c1Nc1c(F)cccc1Br. The van der Waals surface area contributed by atoms with Gasteiger partial charge in [0.05, 0.1) is 29.1 Å². The van der Waals surface area contributed by atoms with Crippen LogP contribution in [0.3, 0.4) is 0 Å². The van der Waals surface area contributed by atoms with E-state index in [1.165, 1.54) is 25.3 Å². The summed E-state index contributed by atoms with van der Waals surface area (Å²) in [6, 6.07) is 7.38.